The van der Waals surface area contributed by atoms with E-state index in [9.17, 15) is 9.59 Å². The van der Waals surface area contributed by atoms with Crippen molar-refractivity contribution < 1.29 is 23.8 Å². The second-order valence-corrected chi connectivity index (χ2v) is 9.56. The number of rotatable bonds is 8. The summed E-state index contributed by atoms with van der Waals surface area (Å²) in [5, 5.41) is 4.81. The molecule has 9 heteroatoms. The average Bonchev–Trinajstić information content (AvgIpc) is 3.36. The Morgan fingerprint density at radius 3 is 2.58 bits per heavy atom. The Morgan fingerprint density at radius 2 is 1.97 bits per heavy atom. The van der Waals surface area contributed by atoms with Gasteiger partial charge in [0.1, 0.15) is 10.4 Å². The van der Waals surface area contributed by atoms with Crippen molar-refractivity contribution in [2.75, 3.05) is 25.2 Å². The van der Waals surface area contributed by atoms with E-state index in [0.717, 1.165) is 17.9 Å². The van der Waals surface area contributed by atoms with Gasteiger partial charge in [-0.15, -0.1) is 11.3 Å². The van der Waals surface area contributed by atoms with Crippen molar-refractivity contribution in [2.45, 2.75) is 39.8 Å². The van der Waals surface area contributed by atoms with E-state index in [-0.39, 0.29) is 11.5 Å². The molecule has 0 aromatic carbocycles. The van der Waals surface area contributed by atoms with Gasteiger partial charge in [-0.05, 0) is 51.3 Å². The van der Waals surface area contributed by atoms with Crippen molar-refractivity contribution in [3.8, 4) is 5.75 Å². The summed E-state index contributed by atoms with van der Waals surface area (Å²) < 4.78 is 15.9. The number of esters is 2. The van der Waals surface area contributed by atoms with Crippen molar-refractivity contribution in [3.63, 3.8) is 0 Å². The highest BCUT2D eigenvalue weighted by atomic mass is 32.1. The van der Waals surface area contributed by atoms with E-state index in [1.54, 1.807) is 32.1 Å². The van der Waals surface area contributed by atoms with Gasteiger partial charge in [-0.1, -0.05) is 0 Å². The van der Waals surface area contributed by atoms with Crippen molar-refractivity contribution >= 4 is 50.5 Å². The van der Waals surface area contributed by atoms with Gasteiger partial charge in [0.2, 0.25) is 0 Å². The highest BCUT2D eigenvalue weighted by Crippen LogP contribution is 2.37. The maximum Gasteiger partial charge on any atom is 0.351 e. The molecule has 7 nitrogen and oxygen atoms in total. The van der Waals surface area contributed by atoms with E-state index >= 15 is 0 Å². The Hall–Kier alpha value is -2.65. The minimum absolute atomic E-state index is 0.274. The molecule has 0 atom stereocenters. The maximum atomic E-state index is 12.3. The number of hydrogen-bond donors (Lipinski definition) is 0. The standard InChI is InChI=1S/C22H26N2O5S2/c1-6-24(15-9-10-30-13-15)11-14-7-8-16-18(28-12-17(25)29-22(2,3)4)19(21(26)27-5)31-20(16)23-14/h7-10,13H,6,11-12H2,1-5H3. The largest absolute Gasteiger partial charge is 0.479 e. The van der Waals surface area contributed by atoms with Crippen LogP contribution in [0.15, 0.2) is 29.0 Å². The van der Waals surface area contributed by atoms with E-state index in [1.165, 1.54) is 18.4 Å². The lowest BCUT2D eigenvalue weighted by Gasteiger charge is -2.21. The number of anilines is 1. The fourth-order valence-corrected chi connectivity index (χ4v) is 4.69. The summed E-state index contributed by atoms with van der Waals surface area (Å²) in [4.78, 5) is 32.3. The zero-order valence-electron chi connectivity index (χ0n) is 18.3. The second-order valence-electron chi connectivity index (χ2n) is 7.78. The molecule has 3 rings (SSSR count). The quantitative estimate of drug-likeness (QED) is 0.441. The fraction of sp³-hybridized carbons (Fsp3) is 0.409. The van der Waals surface area contributed by atoms with E-state index in [1.807, 2.05) is 17.5 Å². The lowest BCUT2D eigenvalue weighted by Crippen LogP contribution is -2.27. The minimum atomic E-state index is -0.619. The van der Waals surface area contributed by atoms with Crippen LogP contribution in [0.5, 0.6) is 5.75 Å². The molecule has 0 spiro atoms. The van der Waals surface area contributed by atoms with Gasteiger partial charge in [0.15, 0.2) is 17.2 Å². The average molecular weight is 463 g/mol. The van der Waals surface area contributed by atoms with Crippen LogP contribution in [0.25, 0.3) is 10.2 Å². The molecule has 0 radical (unpaired) electrons. The van der Waals surface area contributed by atoms with Crippen LogP contribution in [0.1, 0.15) is 43.1 Å². The van der Waals surface area contributed by atoms with E-state index < -0.39 is 17.5 Å². The predicted octanol–water partition coefficient (Wildman–Crippen LogP) is 4.89. The Balaban J connectivity index is 1.87. The molecule has 0 aliphatic heterocycles. The van der Waals surface area contributed by atoms with E-state index in [4.69, 9.17) is 19.2 Å². The molecule has 3 aromatic heterocycles. The Labute approximate surface area is 189 Å². The summed E-state index contributed by atoms with van der Waals surface area (Å²) >= 11 is 2.84. The number of pyridine rings is 1. The Bertz CT molecular complexity index is 1050. The van der Waals surface area contributed by atoms with Crippen molar-refractivity contribution in [1.82, 2.24) is 4.98 Å². The Kier molecular flexibility index (Phi) is 7.17. The third-order valence-corrected chi connectivity index (χ3v) is 6.03. The van der Waals surface area contributed by atoms with Gasteiger partial charge in [0.25, 0.3) is 0 Å². The summed E-state index contributed by atoms with van der Waals surface area (Å²) in [6.45, 7) is 8.63. The zero-order valence-corrected chi connectivity index (χ0v) is 19.9. The normalized spacial score (nSPS) is 11.4. The first kappa shape index (κ1) is 23.0. The summed E-state index contributed by atoms with van der Waals surface area (Å²) in [6, 6.07) is 5.85. The van der Waals surface area contributed by atoms with Gasteiger partial charge in [-0.25, -0.2) is 14.6 Å². The van der Waals surface area contributed by atoms with Gasteiger partial charge in [-0.3, -0.25) is 0 Å². The molecule has 0 aliphatic rings. The van der Waals surface area contributed by atoms with Crippen LogP contribution in [-0.4, -0.2) is 42.8 Å². The number of aromatic nitrogens is 1. The number of thiophene rings is 2. The lowest BCUT2D eigenvalue weighted by molar-refractivity contribution is -0.157. The summed E-state index contributed by atoms with van der Waals surface area (Å²) in [7, 11) is 1.31. The first-order chi connectivity index (χ1) is 14.7. The van der Waals surface area contributed by atoms with Crippen molar-refractivity contribution in [1.29, 1.82) is 0 Å². The van der Waals surface area contributed by atoms with Crippen LogP contribution in [0.3, 0.4) is 0 Å². The third kappa shape index (κ3) is 5.74. The molecule has 0 saturated heterocycles. The lowest BCUT2D eigenvalue weighted by atomic mass is 10.2. The number of nitrogens with zero attached hydrogens (tertiary/aromatic N) is 2. The molecule has 0 saturated carbocycles. The Morgan fingerprint density at radius 1 is 1.19 bits per heavy atom. The summed E-state index contributed by atoms with van der Waals surface area (Å²) in [5.41, 5.74) is 1.40. The molecule has 0 unspecified atom stereocenters. The van der Waals surface area contributed by atoms with Crippen LogP contribution in [-0.2, 0) is 20.8 Å². The molecule has 0 fully saturated rings. The van der Waals surface area contributed by atoms with Crippen LogP contribution in [0, 0.1) is 0 Å². The number of carbonyl (C=O) groups excluding carboxylic acids is 2. The van der Waals surface area contributed by atoms with Gasteiger partial charge in [-0.2, -0.15) is 11.3 Å². The second kappa shape index (κ2) is 9.65. The number of methoxy groups -OCH3 is 1. The number of hydrogen-bond acceptors (Lipinski definition) is 9. The molecule has 3 aromatic rings. The maximum absolute atomic E-state index is 12.3. The van der Waals surface area contributed by atoms with Crippen LogP contribution < -0.4 is 9.64 Å². The minimum Gasteiger partial charge on any atom is -0.479 e. The van der Waals surface area contributed by atoms with E-state index in [0.29, 0.717) is 22.5 Å². The highest BCUT2D eigenvalue weighted by Gasteiger charge is 2.24. The van der Waals surface area contributed by atoms with Crippen molar-refractivity contribution in [3.05, 3.63) is 39.5 Å². The smallest absolute Gasteiger partial charge is 0.351 e. The molecule has 31 heavy (non-hydrogen) atoms. The monoisotopic (exact) mass is 462 g/mol. The summed E-state index contributed by atoms with van der Waals surface area (Å²) in [6.07, 6.45) is 0. The number of carbonyl (C=O) groups is 2. The summed E-state index contributed by atoms with van der Waals surface area (Å²) in [5.74, 6) is -0.749. The third-order valence-electron chi connectivity index (χ3n) is 4.30. The van der Waals surface area contributed by atoms with Crippen LogP contribution >= 0.6 is 22.7 Å². The first-order valence-electron chi connectivity index (χ1n) is 9.84. The molecular formula is C22H26N2O5S2. The highest BCUT2D eigenvalue weighted by molar-refractivity contribution is 7.20. The number of ether oxygens (including phenoxy) is 3. The fourth-order valence-electron chi connectivity index (χ4n) is 2.97. The SMILES string of the molecule is CCN(Cc1ccc2c(OCC(=O)OC(C)(C)C)c(C(=O)OC)sc2n1)c1ccsc1. The van der Waals surface area contributed by atoms with Gasteiger partial charge >= 0.3 is 11.9 Å². The van der Waals surface area contributed by atoms with Crippen LogP contribution in [0.2, 0.25) is 0 Å². The molecule has 0 bridgehead atoms. The van der Waals surface area contributed by atoms with Gasteiger partial charge in [0.05, 0.1) is 24.7 Å². The molecule has 0 amide bonds. The molecular weight excluding hydrogens is 436 g/mol. The van der Waals surface area contributed by atoms with Crippen LogP contribution in [0.4, 0.5) is 5.69 Å². The molecule has 166 valence electrons. The predicted molar refractivity (Wildman–Crippen MR) is 123 cm³/mol. The van der Waals surface area contributed by atoms with E-state index in [2.05, 4.69) is 23.3 Å². The molecule has 3 heterocycles. The zero-order chi connectivity index (χ0) is 22.6. The number of fused-ring (bicyclic) bond motifs is 1. The topological polar surface area (TPSA) is 78.0 Å². The molecule has 0 N–H and O–H groups in total. The van der Waals surface area contributed by atoms with Crippen molar-refractivity contribution in [2.24, 2.45) is 0 Å². The molecule has 0 aliphatic carbocycles. The first-order valence-corrected chi connectivity index (χ1v) is 11.6. The van der Waals surface area contributed by atoms with Gasteiger partial charge < -0.3 is 19.1 Å². The van der Waals surface area contributed by atoms with Gasteiger partial charge in [0, 0.05) is 17.6 Å².